The lowest BCUT2D eigenvalue weighted by Crippen LogP contribution is -2.37. The van der Waals surface area contributed by atoms with E-state index in [-0.39, 0.29) is 24.2 Å². The predicted molar refractivity (Wildman–Crippen MR) is 101 cm³/mol. The monoisotopic (exact) mass is 370 g/mol. The van der Waals surface area contributed by atoms with Crippen molar-refractivity contribution in [1.29, 1.82) is 0 Å². The van der Waals surface area contributed by atoms with E-state index in [2.05, 4.69) is 9.72 Å². The number of carbonyl (C=O) groups is 2. The molecule has 2 aromatic rings. The first-order valence-corrected chi connectivity index (χ1v) is 8.52. The molecular formula is C20H22N2O5. The molecular weight excluding hydrogens is 348 g/mol. The molecule has 0 amide bonds. The molecule has 0 aliphatic heterocycles. The van der Waals surface area contributed by atoms with Crippen LogP contribution >= 0.6 is 0 Å². The van der Waals surface area contributed by atoms with Gasteiger partial charge in [-0.2, -0.15) is 0 Å². The summed E-state index contributed by atoms with van der Waals surface area (Å²) in [4.78, 5) is 51.2. The molecule has 1 N–H and O–H groups in total. The smallest absolute Gasteiger partial charge is 0.330 e. The molecule has 0 atom stereocenters. The van der Waals surface area contributed by atoms with Crippen molar-refractivity contribution < 1.29 is 14.3 Å². The highest BCUT2D eigenvalue weighted by molar-refractivity contribution is 6.09. The first kappa shape index (κ1) is 20.1. The highest BCUT2D eigenvalue weighted by Crippen LogP contribution is 2.15. The van der Waals surface area contributed by atoms with Crippen molar-refractivity contribution in [2.45, 2.75) is 33.7 Å². The molecule has 0 spiro atoms. The minimum atomic E-state index is -0.709. The Balaban J connectivity index is 2.66. The standard InChI is InChI=1S/C20H22N2O5/c1-5-15-17(18(24)14-10-12(2)9-13(3)11-14)22(20(26)21-19(15)25)8-6-7-16(23)27-4/h6-7,9-11H,5,8H2,1-4H3,(H,21,25,26). The molecule has 27 heavy (non-hydrogen) atoms. The third-order valence-electron chi connectivity index (χ3n) is 4.09. The summed E-state index contributed by atoms with van der Waals surface area (Å²) < 4.78 is 5.68. The number of aromatic nitrogens is 2. The van der Waals surface area contributed by atoms with E-state index in [0.717, 1.165) is 17.2 Å². The van der Waals surface area contributed by atoms with Gasteiger partial charge in [0, 0.05) is 23.7 Å². The van der Waals surface area contributed by atoms with Crippen molar-refractivity contribution in [3.63, 3.8) is 0 Å². The van der Waals surface area contributed by atoms with E-state index in [1.165, 1.54) is 17.8 Å². The van der Waals surface area contributed by atoms with Gasteiger partial charge in [-0.3, -0.25) is 19.1 Å². The van der Waals surface area contributed by atoms with Gasteiger partial charge in [0.05, 0.1) is 7.11 Å². The molecule has 0 bridgehead atoms. The number of ketones is 1. The van der Waals surface area contributed by atoms with Crippen LogP contribution in [0.15, 0.2) is 39.9 Å². The van der Waals surface area contributed by atoms with E-state index in [1.807, 2.05) is 19.9 Å². The fourth-order valence-electron chi connectivity index (χ4n) is 2.94. The Bertz CT molecular complexity index is 1010. The second-order valence-corrected chi connectivity index (χ2v) is 6.18. The molecule has 142 valence electrons. The van der Waals surface area contributed by atoms with Crippen molar-refractivity contribution >= 4 is 11.8 Å². The van der Waals surface area contributed by atoms with Gasteiger partial charge < -0.3 is 4.74 Å². The summed E-state index contributed by atoms with van der Waals surface area (Å²) in [5, 5.41) is 0. The summed E-state index contributed by atoms with van der Waals surface area (Å²) in [5.74, 6) is -0.987. The quantitative estimate of drug-likeness (QED) is 0.474. The van der Waals surface area contributed by atoms with E-state index < -0.39 is 23.0 Å². The molecule has 0 unspecified atom stereocenters. The van der Waals surface area contributed by atoms with Crippen molar-refractivity contribution in [3.8, 4) is 0 Å². The van der Waals surface area contributed by atoms with Crippen LogP contribution in [0.25, 0.3) is 0 Å². The molecule has 7 nitrogen and oxygen atoms in total. The van der Waals surface area contributed by atoms with Gasteiger partial charge in [-0.05, 0) is 32.4 Å². The van der Waals surface area contributed by atoms with Gasteiger partial charge in [0.1, 0.15) is 5.69 Å². The zero-order valence-electron chi connectivity index (χ0n) is 15.8. The molecule has 0 saturated heterocycles. The number of ether oxygens (including phenoxy) is 1. The number of H-pyrrole nitrogens is 1. The molecule has 2 rings (SSSR count). The lowest BCUT2D eigenvalue weighted by Gasteiger charge is -2.14. The van der Waals surface area contributed by atoms with Gasteiger partial charge in [-0.1, -0.05) is 30.2 Å². The number of aryl methyl sites for hydroxylation is 2. The molecule has 1 aromatic heterocycles. The minimum absolute atomic E-state index is 0.0331. The zero-order valence-corrected chi connectivity index (χ0v) is 15.8. The van der Waals surface area contributed by atoms with Crippen LogP contribution in [0, 0.1) is 13.8 Å². The van der Waals surface area contributed by atoms with Gasteiger partial charge in [-0.25, -0.2) is 9.59 Å². The number of benzene rings is 1. The van der Waals surface area contributed by atoms with Crippen LogP contribution in [0.3, 0.4) is 0 Å². The Kier molecular flexibility index (Phi) is 6.28. The minimum Gasteiger partial charge on any atom is -0.466 e. The van der Waals surface area contributed by atoms with Crippen molar-refractivity contribution in [2.75, 3.05) is 7.11 Å². The normalized spacial score (nSPS) is 11.0. The van der Waals surface area contributed by atoms with Gasteiger partial charge in [0.2, 0.25) is 5.78 Å². The molecule has 0 radical (unpaired) electrons. The van der Waals surface area contributed by atoms with Crippen LogP contribution in [0.2, 0.25) is 0 Å². The third kappa shape index (κ3) is 4.49. The number of methoxy groups -OCH3 is 1. The van der Waals surface area contributed by atoms with Crippen LogP contribution in [0.1, 0.15) is 39.7 Å². The van der Waals surface area contributed by atoms with E-state index in [1.54, 1.807) is 19.1 Å². The Morgan fingerprint density at radius 3 is 2.33 bits per heavy atom. The van der Waals surface area contributed by atoms with Gasteiger partial charge >= 0.3 is 11.7 Å². The summed E-state index contributed by atoms with van der Waals surface area (Å²) >= 11 is 0. The molecule has 0 aliphatic rings. The third-order valence-corrected chi connectivity index (χ3v) is 4.09. The molecule has 0 saturated carbocycles. The number of hydrogen-bond acceptors (Lipinski definition) is 5. The van der Waals surface area contributed by atoms with E-state index >= 15 is 0 Å². The molecule has 0 fully saturated rings. The van der Waals surface area contributed by atoms with Crippen LogP contribution in [-0.2, 0) is 22.5 Å². The maximum Gasteiger partial charge on any atom is 0.330 e. The van der Waals surface area contributed by atoms with Crippen LogP contribution < -0.4 is 11.2 Å². The van der Waals surface area contributed by atoms with Crippen LogP contribution in [-0.4, -0.2) is 28.4 Å². The summed E-state index contributed by atoms with van der Waals surface area (Å²) in [6.45, 7) is 5.43. The predicted octanol–water partition coefficient (Wildman–Crippen LogP) is 1.68. The number of allylic oxidation sites excluding steroid dienone is 1. The molecule has 1 heterocycles. The number of hydrogen-bond donors (Lipinski definition) is 1. The number of nitrogens with zero attached hydrogens (tertiary/aromatic N) is 1. The Morgan fingerprint density at radius 2 is 1.78 bits per heavy atom. The maximum atomic E-state index is 13.2. The molecule has 1 aromatic carbocycles. The summed E-state index contributed by atoms with van der Waals surface area (Å²) in [6, 6.07) is 5.37. The lowest BCUT2D eigenvalue weighted by molar-refractivity contribution is -0.134. The number of carbonyl (C=O) groups excluding carboxylic acids is 2. The van der Waals surface area contributed by atoms with E-state index in [4.69, 9.17) is 0 Å². The van der Waals surface area contributed by atoms with Crippen molar-refractivity contribution in [3.05, 3.63) is 79.1 Å². The summed E-state index contributed by atoms with van der Waals surface area (Å²) in [6.07, 6.45) is 2.85. The maximum absolute atomic E-state index is 13.2. The van der Waals surface area contributed by atoms with E-state index in [9.17, 15) is 19.2 Å². The number of aromatic amines is 1. The molecule has 7 heteroatoms. The van der Waals surface area contributed by atoms with Gasteiger partial charge in [0.15, 0.2) is 0 Å². The van der Waals surface area contributed by atoms with Gasteiger partial charge in [-0.15, -0.1) is 0 Å². The SMILES string of the molecule is CCc1c(C(=O)c2cc(C)cc(C)c2)n(CC=CC(=O)OC)c(=O)[nH]c1=O. The van der Waals surface area contributed by atoms with Crippen molar-refractivity contribution in [1.82, 2.24) is 9.55 Å². The Hall–Kier alpha value is -3.22. The topological polar surface area (TPSA) is 98.2 Å². The highest BCUT2D eigenvalue weighted by Gasteiger charge is 2.21. The fourth-order valence-corrected chi connectivity index (χ4v) is 2.94. The molecule has 0 aliphatic carbocycles. The van der Waals surface area contributed by atoms with Crippen molar-refractivity contribution in [2.24, 2.45) is 0 Å². The largest absolute Gasteiger partial charge is 0.466 e. The second kappa shape index (κ2) is 8.44. The van der Waals surface area contributed by atoms with E-state index in [0.29, 0.717) is 5.56 Å². The number of nitrogens with one attached hydrogen (secondary N) is 1. The van der Waals surface area contributed by atoms with Crippen LogP contribution in [0.5, 0.6) is 0 Å². The average molecular weight is 370 g/mol. The number of esters is 1. The Labute approximate surface area is 156 Å². The lowest BCUT2D eigenvalue weighted by atomic mass is 9.99. The second-order valence-electron chi connectivity index (χ2n) is 6.18. The highest BCUT2D eigenvalue weighted by atomic mass is 16.5. The number of rotatable bonds is 6. The summed E-state index contributed by atoms with van der Waals surface area (Å²) in [7, 11) is 1.24. The summed E-state index contributed by atoms with van der Waals surface area (Å²) in [5.41, 5.74) is 1.18. The first-order valence-electron chi connectivity index (χ1n) is 8.52. The Morgan fingerprint density at radius 1 is 1.15 bits per heavy atom. The zero-order chi connectivity index (χ0) is 20.1. The van der Waals surface area contributed by atoms with Crippen LogP contribution in [0.4, 0.5) is 0 Å². The first-order chi connectivity index (χ1) is 12.8. The van der Waals surface area contributed by atoms with Gasteiger partial charge in [0.25, 0.3) is 5.56 Å². The fraction of sp³-hybridized carbons (Fsp3) is 0.300. The average Bonchev–Trinajstić information content (AvgIpc) is 2.61.